The molecule has 0 saturated carbocycles. The molecule has 0 amide bonds. The Balaban J connectivity index is 2.26. The lowest BCUT2D eigenvalue weighted by Gasteiger charge is -2.09. The molecular weight excluding hydrogens is 248 g/mol. The van der Waals surface area contributed by atoms with Crippen molar-refractivity contribution in [2.45, 2.75) is 0 Å². The molecule has 0 aliphatic heterocycles. The first-order valence-corrected chi connectivity index (χ1v) is 5.44. The van der Waals surface area contributed by atoms with Crippen LogP contribution in [0.1, 0.15) is 10.4 Å². The van der Waals surface area contributed by atoms with E-state index >= 15 is 0 Å². The van der Waals surface area contributed by atoms with Crippen molar-refractivity contribution in [3.8, 4) is 11.5 Å². The van der Waals surface area contributed by atoms with Crippen LogP contribution in [-0.2, 0) is 4.74 Å². The molecule has 0 fully saturated rings. The molecule has 2 aromatic carbocycles. The molecule has 0 unspecified atom stereocenters. The number of hydrogen-bond acceptors (Lipinski definition) is 4. The van der Waals surface area contributed by atoms with Gasteiger partial charge in [-0.25, -0.2) is 9.59 Å². The van der Waals surface area contributed by atoms with Gasteiger partial charge in [0.25, 0.3) is 0 Å². The fourth-order valence-corrected chi connectivity index (χ4v) is 1.47. The Morgan fingerprint density at radius 3 is 2.21 bits per heavy atom. The summed E-state index contributed by atoms with van der Waals surface area (Å²) in [7, 11) is 0. The van der Waals surface area contributed by atoms with Crippen LogP contribution in [0.5, 0.6) is 11.5 Å². The molecular formula is C14H10O5. The van der Waals surface area contributed by atoms with E-state index in [1.807, 2.05) is 6.07 Å². The minimum atomic E-state index is -1.65. The van der Waals surface area contributed by atoms with E-state index in [0.717, 1.165) is 0 Å². The Morgan fingerprint density at radius 1 is 0.895 bits per heavy atom. The number of rotatable bonds is 3. The zero-order valence-electron chi connectivity index (χ0n) is 9.78. The molecule has 2 rings (SSSR count). The van der Waals surface area contributed by atoms with E-state index < -0.39 is 12.1 Å². The smallest absolute Gasteiger partial charge is 0.456 e. The van der Waals surface area contributed by atoms with Crippen molar-refractivity contribution in [2.75, 3.05) is 0 Å². The number of hydrogen-bond donors (Lipinski definition) is 1. The van der Waals surface area contributed by atoms with Crippen LogP contribution < -0.4 is 4.74 Å². The number of carbonyl (C=O) groups is 2. The average molecular weight is 258 g/mol. The van der Waals surface area contributed by atoms with Gasteiger partial charge in [0.05, 0.1) is 0 Å². The van der Waals surface area contributed by atoms with Crippen LogP contribution in [-0.4, -0.2) is 17.2 Å². The van der Waals surface area contributed by atoms with Crippen molar-refractivity contribution in [3.63, 3.8) is 0 Å². The van der Waals surface area contributed by atoms with Crippen LogP contribution in [0.25, 0.3) is 0 Å². The Kier molecular flexibility index (Phi) is 3.78. The van der Waals surface area contributed by atoms with Crippen molar-refractivity contribution in [2.24, 2.45) is 0 Å². The maximum atomic E-state index is 11.6. The molecule has 0 spiro atoms. The maximum absolute atomic E-state index is 11.6. The lowest BCUT2D eigenvalue weighted by molar-refractivity contribution is 0.0507. The van der Waals surface area contributed by atoms with E-state index in [1.54, 1.807) is 42.5 Å². The van der Waals surface area contributed by atoms with Gasteiger partial charge in [-0.1, -0.05) is 30.3 Å². The highest BCUT2D eigenvalue weighted by Crippen LogP contribution is 2.25. The number of carbonyl (C=O) groups excluding carboxylic acids is 1. The highest BCUT2D eigenvalue weighted by molar-refractivity contribution is 5.97. The van der Waals surface area contributed by atoms with E-state index in [4.69, 9.17) is 9.84 Å². The molecule has 0 aliphatic carbocycles. The predicted molar refractivity (Wildman–Crippen MR) is 66.4 cm³/mol. The number of ether oxygens (including phenoxy) is 2. The molecule has 96 valence electrons. The van der Waals surface area contributed by atoms with Gasteiger partial charge >= 0.3 is 12.1 Å². The molecule has 0 saturated heterocycles. The minimum Gasteiger partial charge on any atom is -0.456 e. The molecule has 5 heteroatoms. The Labute approximate surface area is 109 Å². The lowest BCUT2D eigenvalue weighted by Crippen LogP contribution is -2.11. The molecule has 0 aliphatic rings. The molecule has 19 heavy (non-hydrogen) atoms. The summed E-state index contributed by atoms with van der Waals surface area (Å²) in [5.41, 5.74) is 0.0498. The lowest BCUT2D eigenvalue weighted by atomic mass is 10.2. The van der Waals surface area contributed by atoms with Crippen LogP contribution in [0.3, 0.4) is 0 Å². The largest absolute Gasteiger partial charge is 0.513 e. The molecule has 0 bridgehead atoms. The molecule has 0 atom stereocenters. The van der Waals surface area contributed by atoms with Gasteiger partial charge in [0, 0.05) is 0 Å². The second-order valence-corrected chi connectivity index (χ2v) is 3.57. The third-order valence-electron chi connectivity index (χ3n) is 2.26. The third-order valence-corrected chi connectivity index (χ3v) is 2.26. The van der Waals surface area contributed by atoms with Gasteiger partial charge in [-0.3, -0.25) is 0 Å². The van der Waals surface area contributed by atoms with Gasteiger partial charge in [0.1, 0.15) is 17.1 Å². The molecule has 0 radical (unpaired) electrons. The first kappa shape index (κ1) is 12.6. The first-order chi connectivity index (χ1) is 9.16. The Bertz CT molecular complexity index is 592. The summed E-state index contributed by atoms with van der Waals surface area (Å²) in [5, 5.41) is 8.44. The van der Waals surface area contributed by atoms with Gasteiger partial charge in [0.15, 0.2) is 0 Å². The summed E-state index contributed by atoms with van der Waals surface area (Å²) < 4.78 is 9.63. The van der Waals surface area contributed by atoms with E-state index in [9.17, 15) is 9.59 Å². The molecule has 2 aromatic rings. The third kappa shape index (κ3) is 3.32. The van der Waals surface area contributed by atoms with Gasteiger partial charge in [-0.2, -0.15) is 0 Å². The highest BCUT2D eigenvalue weighted by Gasteiger charge is 2.17. The zero-order chi connectivity index (χ0) is 13.7. The van der Waals surface area contributed by atoms with Gasteiger partial charge in [-0.15, -0.1) is 0 Å². The first-order valence-electron chi connectivity index (χ1n) is 5.44. The standard InChI is InChI=1S/C14H10O5/c15-13(19-14(16)17)11-8-4-5-9-12(11)18-10-6-2-1-3-7-10/h1-9H,(H,16,17). The summed E-state index contributed by atoms with van der Waals surface area (Å²) in [6.45, 7) is 0. The van der Waals surface area contributed by atoms with Gasteiger partial charge in [0.2, 0.25) is 0 Å². The second-order valence-electron chi connectivity index (χ2n) is 3.57. The Morgan fingerprint density at radius 2 is 1.53 bits per heavy atom. The summed E-state index contributed by atoms with van der Waals surface area (Å²) in [6, 6.07) is 15.1. The molecule has 5 nitrogen and oxygen atoms in total. The summed E-state index contributed by atoms with van der Waals surface area (Å²) in [6.07, 6.45) is -1.65. The minimum absolute atomic E-state index is 0.0498. The van der Waals surface area contributed by atoms with Crippen molar-refractivity contribution < 1.29 is 24.2 Å². The van der Waals surface area contributed by atoms with Crippen LogP contribution in [0.2, 0.25) is 0 Å². The van der Waals surface area contributed by atoms with Gasteiger partial charge < -0.3 is 14.6 Å². The highest BCUT2D eigenvalue weighted by atomic mass is 16.7. The van der Waals surface area contributed by atoms with Crippen molar-refractivity contribution in [1.29, 1.82) is 0 Å². The zero-order valence-corrected chi connectivity index (χ0v) is 9.78. The number of esters is 1. The second kappa shape index (κ2) is 5.68. The van der Waals surface area contributed by atoms with E-state index in [0.29, 0.717) is 5.75 Å². The van der Waals surface area contributed by atoms with E-state index in [1.165, 1.54) is 6.07 Å². The monoisotopic (exact) mass is 258 g/mol. The van der Waals surface area contributed by atoms with Gasteiger partial charge in [-0.05, 0) is 24.3 Å². The topological polar surface area (TPSA) is 72.8 Å². The quantitative estimate of drug-likeness (QED) is 0.675. The molecule has 0 heterocycles. The molecule has 1 N–H and O–H groups in total. The van der Waals surface area contributed by atoms with Crippen molar-refractivity contribution >= 4 is 12.1 Å². The number of carboxylic acid groups (broad SMARTS) is 1. The van der Waals surface area contributed by atoms with Crippen LogP contribution >= 0.6 is 0 Å². The summed E-state index contributed by atoms with van der Waals surface area (Å²) in [4.78, 5) is 22.0. The number of benzene rings is 2. The van der Waals surface area contributed by atoms with Crippen molar-refractivity contribution in [3.05, 3.63) is 60.2 Å². The predicted octanol–water partition coefficient (Wildman–Crippen LogP) is 3.31. The fourth-order valence-electron chi connectivity index (χ4n) is 1.47. The van der Waals surface area contributed by atoms with Crippen LogP contribution in [0.4, 0.5) is 4.79 Å². The van der Waals surface area contributed by atoms with E-state index in [-0.39, 0.29) is 11.3 Å². The SMILES string of the molecule is O=C(O)OC(=O)c1ccccc1Oc1ccccc1. The van der Waals surface area contributed by atoms with Crippen molar-refractivity contribution in [1.82, 2.24) is 0 Å². The number of para-hydroxylation sites is 2. The normalized spacial score (nSPS) is 9.68. The molecule has 0 aromatic heterocycles. The Hall–Kier alpha value is -2.82. The van der Waals surface area contributed by atoms with E-state index in [2.05, 4.69) is 4.74 Å². The van der Waals surface area contributed by atoms with Crippen LogP contribution in [0, 0.1) is 0 Å². The fraction of sp³-hybridized carbons (Fsp3) is 0. The van der Waals surface area contributed by atoms with Crippen LogP contribution in [0.15, 0.2) is 54.6 Å². The average Bonchev–Trinajstić information content (AvgIpc) is 2.39. The maximum Gasteiger partial charge on any atom is 0.513 e. The summed E-state index contributed by atoms with van der Waals surface area (Å²) >= 11 is 0. The summed E-state index contributed by atoms with van der Waals surface area (Å²) in [5.74, 6) is -0.197.